The molecule has 6 nitrogen and oxygen atoms in total. The number of aromatic nitrogens is 4. The zero-order chi connectivity index (χ0) is 24.7. The number of rotatable bonds is 6. The summed E-state index contributed by atoms with van der Waals surface area (Å²) in [6, 6.07) is 10.2. The van der Waals surface area contributed by atoms with Gasteiger partial charge in [-0.05, 0) is 6.07 Å². The van der Waals surface area contributed by atoms with Crippen molar-refractivity contribution in [2.24, 2.45) is 7.05 Å². The number of pyridine rings is 1. The van der Waals surface area contributed by atoms with Gasteiger partial charge in [0.1, 0.15) is 12.1 Å². The first kappa shape index (κ1) is 22.8. The molecule has 0 unspecified atom stereocenters. The molecule has 4 heterocycles. The fourth-order valence-electron chi connectivity index (χ4n) is 4.20. The fourth-order valence-corrected chi connectivity index (χ4v) is 5.60. The van der Waals surface area contributed by atoms with Crippen LogP contribution in [0.15, 0.2) is 98.4 Å². The Balaban J connectivity index is 1.70. The molecular weight excluding hydrogens is 476 g/mol. The van der Waals surface area contributed by atoms with Crippen molar-refractivity contribution in [3.63, 3.8) is 0 Å². The third-order valence-electron chi connectivity index (χ3n) is 5.78. The number of allylic oxidation sites excluding steroid dienone is 4. The summed E-state index contributed by atoms with van der Waals surface area (Å²) in [5.41, 5.74) is 3.49. The van der Waals surface area contributed by atoms with Gasteiger partial charge >= 0.3 is 0 Å². The molecule has 1 aliphatic heterocycles. The molecular formula is C27H23ClN6S. The highest BCUT2D eigenvalue weighted by Gasteiger charge is 2.34. The summed E-state index contributed by atoms with van der Waals surface area (Å²) < 4.78 is 1.69. The first-order valence-electron chi connectivity index (χ1n) is 10.8. The maximum absolute atomic E-state index is 6.35. The smallest absolute Gasteiger partial charge is 0.170 e. The quantitative estimate of drug-likeness (QED) is 0.276. The van der Waals surface area contributed by atoms with Crippen LogP contribution in [0.2, 0.25) is 0 Å². The number of aryl methyl sites for hydroxylation is 1. The van der Waals surface area contributed by atoms with Crippen LogP contribution in [-0.4, -0.2) is 19.7 Å². The first-order chi connectivity index (χ1) is 16.9. The SMILES string of the molecule is C=C/C=C(\C(=C)Cl)c1cc2c(s1)C(=C)N(c1cncc3ccccc13)C(=C)N2Cc1ncn(C)n1. The molecule has 4 aromatic rings. The molecule has 0 saturated heterocycles. The minimum atomic E-state index is 0.438. The lowest BCUT2D eigenvalue weighted by molar-refractivity contribution is 0.730. The van der Waals surface area contributed by atoms with Crippen LogP contribution < -0.4 is 9.80 Å². The Morgan fingerprint density at radius 2 is 1.97 bits per heavy atom. The van der Waals surface area contributed by atoms with Gasteiger partial charge in [-0.1, -0.05) is 74.3 Å². The molecule has 174 valence electrons. The molecule has 0 saturated carbocycles. The van der Waals surface area contributed by atoms with Crippen LogP contribution in [0.1, 0.15) is 15.6 Å². The molecule has 5 rings (SSSR count). The van der Waals surface area contributed by atoms with Gasteiger partial charge in [-0.2, -0.15) is 5.10 Å². The number of hydrogen-bond acceptors (Lipinski definition) is 6. The minimum Gasteiger partial charge on any atom is -0.319 e. The van der Waals surface area contributed by atoms with E-state index in [9.17, 15) is 0 Å². The van der Waals surface area contributed by atoms with Crippen LogP contribution in [0, 0.1) is 0 Å². The summed E-state index contributed by atoms with van der Waals surface area (Å²) in [6.07, 6.45) is 8.96. The Morgan fingerprint density at radius 1 is 1.17 bits per heavy atom. The highest BCUT2D eigenvalue weighted by molar-refractivity contribution is 7.15. The van der Waals surface area contributed by atoms with Crippen molar-refractivity contribution in [3.8, 4) is 0 Å². The molecule has 0 aliphatic carbocycles. The molecule has 0 fully saturated rings. The Bertz CT molecular complexity index is 1540. The van der Waals surface area contributed by atoms with E-state index in [1.54, 1.807) is 28.4 Å². The molecule has 1 aliphatic rings. The van der Waals surface area contributed by atoms with Crippen molar-refractivity contribution in [2.45, 2.75) is 6.54 Å². The van der Waals surface area contributed by atoms with Crippen LogP contribution in [0.3, 0.4) is 0 Å². The number of fused-ring (bicyclic) bond motifs is 2. The Labute approximate surface area is 213 Å². The predicted molar refractivity (Wildman–Crippen MR) is 147 cm³/mol. The second-order valence-corrected chi connectivity index (χ2v) is 9.55. The lowest BCUT2D eigenvalue weighted by Crippen LogP contribution is -2.38. The van der Waals surface area contributed by atoms with Gasteiger partial charge in [-0.25, -0.2) is 4.98 Å². The number of benzene rings is 1. The number of thiophene rings is 1. The van der Waals surface area contributed by atoms with Crippen molar-refractivity contribution in [1.82, 2.24) is 19.7 Å². The van der Waals surface area contributed by atoms with E-state index in [4.69, 9.17) is 11.6 Å². The maximum atomic E-state index is 6.35. The summed E-state index contributed by atoms with van der Waals surface area (Å²) in [5, 5.41) is 7.03. The molecule has 1 aromatic carbocycles. The Kier molecular flexibility index (Phi) is 5.88. The van der Waals surface area contributed by atoms with Gasteiger partial charge in [-0.15, -0.1) is 11.3 Å². The molecule has 0 atom stereocenters. The van der Waals surface area contributed by atoms with Crippen LogP contribution in [0.25, 0.3) is 22.0 Å². The first-order valence-corrected chi connectivity index (χ1v) is 12.0. The van der Waals surface area contributed by atoms with E-state index < -0.39 is 0 Å². The van der Waals surface area contributed by atoms with Crippen molar-refractivity contribution in [1.29, 1.82) is 0 Å². The number of hydrogen-bond donors (Lipinski definition) is 0. The van der Waals surface area contributed by atoms with E-state index in [-0.39, 0.29) is 0 Å². The van der Waals surface area contributed by atoms with Crippen molar-refractivity contribution >= 4 is 56.4 Å². The van der Waals surface area contributed by atoms with E-state index in [2.05, 4.69) is 58.4 Å². The Morgan fingerprint density at radius 3 is 2.69 bits per heavy atom. The van der Waals surface area contributed by atoms with E-state index in [0.717, 1.165) is 49.0 Å². The second kappa shape index (κ2) is 9.02. The summed E-state index contributed by atoms with van der Waals surface area (Å²) in [5.74, 6) is 1.41. The van der Waals surface area contributed by atoms with Crippen LogP contribution in [-0.2, 0) is 13.6 Å². The van der Waals surface area contributed by atoms with Crippen molar-refractivity contribution < 1.29 is 0 Å². The van der Waals surface area contributed by atoms with Gasteiger partial charge in [0.15, 0.2) is 5.82 Å². The largest absolute Gasteiger partial charge is 0.319 e. The molecule has 3 aromatic heterocycles. The third-order valence-corrected chi connectivity index (χ3v) is 7.19. The van der Waals surface area contributed by atoms with E-state index in [0.29, 0.717) is 17.4 Å². The standard InChI is InChI=1S/C27H23ClN6S/c1-6-9-21(17(2)28)25-12-23-27(35-25)18(3)34(19(4)33(23)15-26-30-16-32(5)31-26)24-14-29-13-20-10-7-8-11-22(20)24/h6-14,16H,1-4,15H2,5H3/b21-9+. The lowest BCUT2D eigenvalue weighted by Gasteiger charge is -2.40. The maximum Gasteiger partial charge on any atom is 0.170 e. The summed E-state index contributed by atoms with van der Waals surface area (Å²) in [6.45, 7) is 17.1. The van der Waals surface area contributed by atoms with Crippen LogP contribution >= 0.6 is 22.9 Å². The van der Waals surface area contributed by atoms with Gasteiger partial charge in [-0.3, -0.25) is 14.6 Å². The molecule has 35 heavy (non-hydrogen) atoms. The zero-order valence-electron chi connectivity index (χ0n) is 19.3. The van der Waals surface area contributed by atoms with E-state index in [1.165, 1.54) is 0 Å². The average molecular weight is 499 g/mol. The molecule has 0 bridgehead atoms. The van der Waals surface area contributed by atoms with Crippen LogP contribution in [0.4, 0.5) is 11.4 Å². The molecule has 0 spiro atoms. The number of halogens is 1. The Hall–Kier alpha value is -3.94. The molecule has 8 heteroatoms. The highest BCUT2D eigenvalue weighted by Crippen LogP contribution is 2.49. The molecule has 0 radical (unpaired) electrons. The van der Waals surface area contributed by atoms with Crippen LogP contribution in [0.5, 0.6) is 0 Å². The van der Waals surface area contributed by atoms with Crippen molar-refractivity contribution in [3.05, 3.63) is 114 Å². The summed E-state index contributed by atoms with van der Waals surface area (Å²) >= 11 is 7.94. The topological polar surface area (TPSA) is 50.1 Å². The van der Waals surface area contributed by atoms with E-state index >= 15 is 0 Å². The zero-order valence-corrected chi connectivity index (χ0v) is 20.9. The van der Waals surface area contributed by atoms with Gasteiger partial charge in [0.2, 0.25) is 0 Å². The normalized spacial score (nSPS) is 13.9. The highest BCUT2D eigenvalue weighted by atomic mass is 35.5. The molecule has 0 amide bonds. The average Bonchev–Trinajstić information content (AvgIpc) is 3.46. The second-order valence-electron chi connectivity index (χ2n) is 8.04. The fraction of sp³-hybridized carbons (Fsp3) is 0.0741. The molecule has 0 N–H and O–H groups in total. The summed E-state index contributed by atoms with van der Waals surface area (Å²) in [4.78, 5) is 15.0. The predicted octanol–water partition coefficient (Wildman–Crippen LogP) is 6.72. The number of anilines is 2. The lowest BCUT2D eigenvalue weighted by atomic mass is 10.1. The number of nitrogens with zero attached hydrogens (tertiary/aromatic N) is 6. The van der Waals surface area contributed by atoms with Gasteiger partial charge in [0.05, 0.1) is 34.7 Å². The van der Waals surface area contributed by atoms with Gasteiger partial charge < -0.3 is 4.90 Å². The third kappa shape index (κ3) is 3.99. The van der Waals surface area contributed by atoms with E-state index in [1.807, 2.05) is 48.6 Å². The minimum absolute atomic E-state index is 0.438. The van der Waals surface area contributed by atoms with Gasteiger partial charge in [0, 0.05) is 39.5 Å². The monoisotopic (exact) mass is 498 g/mol. The van der Waals surface area contributed by atoms with Gasteiger partial charge in [0.25, 0.3) is 0 Å². The van der Waals surface area contributed by atoms with Crippen molar-refractivity contribution in [2.75, 3.05) is 9.80 Å². The summed E-state index contributed by atoms with van der Waals surface area (Å²) in [7, 11) is 1.85.